The molecule has 0 saturated carbocycles. The molecule has 0 heterocycles. The van der Waals surface area contributed by atoms with Crippen LogP contribution in [0, 0.1) is 17.5 Å². The average Bonchev–Trinajstić information content (AvgIpc) is 2.64. The summed E-state index contributed by atoms with van der Waals surface area (Å²) in [6.07, 6.45) is 0.877. The van der Waals surface area contributed by atoms with Crippen LogP contribution in [0.4, 0.5) is 18.9 Å². The predicted molar refractivity (Wildman–Crippen MR) is 109 cm³/mol. The Labute approximate surface area is 172 Å². The Morgan fingerprint density at radius 3 is 2.41 bits per heavy atom. The number of nitrogens with zero attached hydrogens (tertiary/aromatic N) is 1. The minimum Gasteiger partial charge on any atom is -0.353 e. The zero-order valence-corrected chi connectivity index (χ0v) is 17.5. The molecule has 2 aromatic carbocycles. The highest BCUT2D eigenvalue weighted by Gasteiger charge is 2.29. The fraction of sp³-hybridized carbons (Fsp3) is 0.316. The number of carbonyl (C=O) groups is 1. The highest BCUT2D eigenvalue weighted by atomic mass is 32.2. The van der Waals surface area contributed by atoms with Gasteiger partial charge in [0.1, 0.15) is 11.9 Å². The molecule has 0 spiro atoms. The van der Waals surface area contributed by atoms with E-state index in [2.05, 4.69) is 5.32 Å². The van der Waals surface area contributed by atoms with Crippen LogP contribution in [0.1, 0.15) is 12.5 Å². The molecule has 1 unspecified atom stereocenters. The summed E-state index contributed by atoms with van der Waals surface area (Å²) >= 11 is 1.41. The van der Waals surface area contributed by atoms with E-state index in [1.807, 2.05) is 0 Å². The van der Waals surface area contributed by atoms with Crippen LogP contribution < -0.4 is 9.62 Å². The molecule has 0 saturated heterocycles. The maximum atomic E-state index is 13.6. The van der Waals surface area contributed by atoms with Crippen molar-refractivity contribution in [2.45, 2.75) is 18.7 Å². The Morgan fingerprint density at radius 2 is 1.79 bits per heavy atom. The number of benzene rings is 2. The van der Waals surface area contributed by atoms with E-state index in [1.165, 1.54) is 24.8 Å². The quantitative estimate of drug-likeness (QED) is 0.601. The van der Waals surface area contributed by atoms with Crippen LogP contribution >= 0.6 is 11.8 Å². The van der Waals surface area contributed by atoms with Crippen molar-refractivity contribution in [3.63, 3.8) is 0 Å². The van der Waals surface area contributed by atoms with Crippen LogP contribution in [-0.4, -0.2) is 38.9 Å². The van der Waals surface area contributed by atoms with Crippen LogP contribution in [0.25, 0.3) is 0 Å². The number of thioether (sulfide) groups is 1. The van der Waals surface area contributed by atoms with E-state index in [-0.39, 0.29) is 18.0 Å². The van der Waals surface area contributed by atoms with E-state index in [0.29, 0.717) is 17.1 Å². The van der Waals surface area contributed by atoms with Crippen molar-refractivity contribution in [3.8, 4) is 0 Å². The van der Waals surface area contributed by atoms with Gasteiger partial charge in [-0.3, -0.25) is 9.10 Å². The molecule has 2 rings (SSSR count). The number of nitrogens with one attached hydrogen (secondary N) is 1. The highest BCUT2D eigenvalue weighted by Crippen LogP contribution is 2.23. The number of hydrogen-bond acceptors (Lipinski definition) is 4. The molecule has 158 valence electrons. The summed E-state index contributed by atoms with van der Waals surface area (Å²) in [5.74, 6) is -2.31. The van der Waals surface area contributed by atoms with Gasteiger partial charge in [0.05, 0.1) is 11.9 Å². The minimum atomic E-state index is -3.93. The van der Waals surface area contributed by atoms with Crippen LogP contribution in [-0.2, 0) is 20.6 Å². The molecule has 29 heavy (non-hydrogen) atoms. The van der Waals surface area contributed by atoms with Crippen LogP contribution in [0.2, 0.25) is 0 Å². The first-order valence-corrected chi connectivity index (χ1v) is 11.6. The van der Waals surface area contributed by atoms with E-state index in [0.717, 1.165) is 28.8 Å². The zero-order chi connectivity index (χ0) is 21.6. The summed E-state index contributed by atoms with van der Waals surface area (Å²) < 4.78 is 65.2. The largest absolute Gasteiger partial charge is 0.353 e. The van der Waals surface area contributed by atoms with E-state index in [1.54, 1.807) is 18.2 Å². The second kappa shape index (κ2) is 10.0. The Hall–Kier alpha value is -2.20. The van der Waals surface area contributed by atoms with Crippen molar-refractivity contribution in [3.05, 3.63) is 65.5 Å². The number of hydrogen-bond donors (Lipinski definition) is 1. The molecule has 0 aliphatic rings. The molecule has 5 nitrogen and oxygen atoms in total. The molecule has 2 aromatic rings. The monoisotopic (exact) mass is 446 g/mol. The van der Waals surface area contributed by atoms with E-state index >= 15 is 0 Å². The number of anilines is 1. The molecule has 1 N–H and O–H groups in total. The Kier molecular flexibility index (Phi) is 7.97. The topological polar surface area (TPSA) is 66.5 Å². The van der Waals surface area contributed by atoms with Crippen molar-refractivity contribution in [2.24, 2.45) is 0 Å². The van der Waals surface area contributed by atoms with Crippen molar-refractivity contribution >= 4 is 33.4 Å². The van der Waals surface area contributed by atoms with Gasteiger partial charge in [-0.1, -0.05) is 18.2 Å². The first-order valence-electron chi connectivity index (χ1n) is 8.64. The molecule has 1 atom stereocenters. The number of amides is 1. The zero-order valence-electron chi connectivity index (χ0n) is 15.9. The minimum absolute atomic E-state index is 0.150. The van der Waals surface area contributed by atoms with Crippen molar-refractivity contribution in [1.29, 1.82) is 0 Å². The molecular formula is C19H21F3N2O3S2. The second-order valence-electron chi connectivity index (χ2n) is 6.27. The summed E-state index contributed by atoms with van der Waals surface area (Å²) in [4.78, 5) is 12.4. The van der Waals surface area contributed by atoms with E-state index in [4.69, 9.17) is 0 Å². The van der Waals surface area contributed by atoms with Crippen molar-refractivity contribution < 1.29 is 26.4 Å². The summed E-state index contributed by atoms with van der Waals surface area (Å²) in [6, 6.07) is 7.83. The maximum Gasteiger partial charge on any atom is 0.243 e. The lowest BCUT2D eigenvalue weighted by molar-refractivity contribution is -0.121. The lowest BCUT2D eigenvalue weighted by Gasteiger charge is -2.28. The van der Waals surface area contributed by atoms with Crippen LogP contribution in [0.5, 0.6) is 0 Å². The summed E-state index contributed by atoms with van der Waals surface area (Å²) in [6.45, 7) is 1.59. The van der Waals surface area contributed by atoms with Gasteiger partial charge in [-0.15, -0.1) is 0 Å². The third-order valence-electron chi connectivity index (χ3n) is 4.01. The third-order valence-corrected chi connectivity index (χ3v) is 6.26. The van der Waals surface area contributed by atoms with Gasteiger partial charge < -0.3 is 5.32 Å². The fourth-order valence-electron chi connectivity index (χ4n) is 2.62. The van der Waals surface area contributed by atoms with Gasteiger partial charge in [-0.2, -0.15) is 11.8 Å². The number of sulfonamides is 1. The Balaban J connectivity index is 1.95. The second-order valence-corrected chi connectivity index (χ2v) is 9.23. The third kappa shape index (κ3) is 6.40. The standard InChI is InChI=1S/C19H21F3N2O3S2/c1-13(24(29(2,26)27)15-7-8-17(21)18(22)11-15)19(25)23-9-10-28-12-14-5-3-4-6-16(14)20/h3-8,11,13H,9-10,12H2,1-2H3,(H,23,25). The summed E-state index contributed by atoms with van der Waals surface area (Å²) in [5.41, 5.74) is 0.404. The average molecular weight is 447 g/mol. The molecule has 1 amide bonds. The SMILES string of the molecule is CC(C(=O)NCCSCc1ccccc1F)N(c1ccc(F)c(F)c1)S(C)(=O)=O. The lowest BCUT2D eigenvalue weighted by atomic mass is 10.2. The van der Waals surface area contributed by atoms with E-state index in [9.17, 15) is 26.4 Å². The lowest BCUT2D eigenvalue weighted by Crippen LogP contribution is -2.48. The number of halogens is 3. The number of rotatable bonds is 9. The molecule has 10 heteroatoms. The smallest absolute Gasteiger partial charge is 0.243 e. The predicted octanol–water partition coefficient (Wildman–Crippen LogP) is 3.31. The van der Waals surface area contributed by atoms with Gasteiger partial charge in [-0.05, 0) is 30.7 Å². The van der Waals surface area contributed by atoms with Gasteiger partial charge in [0.25, 0.3) is 0 Å². The summed E-state index contributed by atoms with van der Waals surface area (Å²) in [7, 11) is -3.93. The van der Waals surface area contributed by atoms with Gasteiger partial charge in [0, 0.05) is 24.1 Å². The van der Waals surface area contributed by atoms with Crippen LogP contribution in [0.3, 0.4) is 0 Å². The molecule has 0 bridgehead atoms. The Morgan fingerprint density at radius 1 is 1.10 bits per heavy atom. The molecular weight excluding hydrogens is 425 g/mol. The molecule has 0 fully saturated rings. The van der Waals surface area contributed by atoms with E-state index < -0.39 is 33.6 Å². The highest BCUT2D eigenvalue weighted by molar-refractivity contribution is 7.98. The molecule has 0 radical (unpaired) electrons. The normalized spacial score (nSPS) is 12.4. The first-order chi connectivity index (χ1) is 13.6. The van der Waals surface area contributed by atoms with Crippen molar-refractivity contribution in [2.75, 3.05) is 22.9 Å². The van der Waals surface area contributed by atoms with Gasteiger partial charge >= 0.3 is 0 Å². The Bertz CT molecular complexity index is 971. The maximum absolute atomic E-state index is 13.6. The molecule has 0 aromatic heterocycles. The molecule has 0 aliphatic heterocycles. The van der Waals surface area contributed by atoms with Gasteiger partial charge in [0.2, 0.25) is 15.9 Å². The molecule has 0 aliphatic carbocycles. The number of carbonyl (C=O) groups excluding carboxylic acids is 1. The van der Waals surface area contributed by atoms with Gasteiger partial charge in [-0.25, -0.2) is 21.6 Å². The van der Waals surface area contributed by atoms with Gasteiger partial charge in [0.15, 0.2) is 11.6 Å². The van der Waals surface area contributed by atoms with Crippen molar-refractivity contribution in [1.82, 2.24) is 5.32 Å². The first kappa shape index (κ1) is 23.1. The van der Waals surface area contributed by atoms with Crippen LogP contribution in [0.15, 0.2) is 42.5 Å². The fourth-order valence-corrected chi connectivity index (χ4v) is 4.63. The summed E-state index contributed by atoms with van der Waals surface area (Å²) in [5, 5.41) is 2.60.